The molecule has 1 aliphatic carbocycles. The summed E-state index contributed by atoms with van der Waals surface area (Å²) in [4.78, 5) is 25.5. The van der Waals surface area contributed by atoms with E-state index in [1.807, 2.05) is 18.2 Å². The fourth-order valence-electron chi connectivity index (χ4n) is 5.90. The average Bonchev–Trinajstić information content (AvgIpc) is 3.75. The molecule has 6 unspecified atom stereocenters. The molecule has 3 heterocycles. The number of nitrogens with zero attached hydrogens (tertiary/aromatic N) is 4. The molecule has 4 N–H and O–H groups in total. The van der Waals surface area contributed by atoms with Crippen LogP contribution in [0.2, 0.25) is 0 Å². The van der Waals surface area contributed by atoms with Crippen LogP contribution in [0.15, 0.2) is 48.8 Å². The summed E-state index contributed by atoms with van der Waals surface area (Å²) in [6.07, 6.45) is -0.249. The predicted molar refractivity (Wildman–Crippen MR) is 169 cm³/mol. The van der Waals surface area contributed by atoms with Gasteiger partial charge >= 0.3 is 13.7 Å². The van der Waals surface area contributed by atoms with Crippen LogP contribution in [0, 0.1) is 0 Å². The highest BCUT2D eigenvalue weighted by Gasteiger charge is 2.55. The Labute approximate surface area is 270 Å². The molecule has 252 valence electrons. The fourth-order valence-corrected chi connectivity index (χ4v) is 7.42. The van der Waals surface area contributed by atoms with Crippen LogP contribution in [-0.4, -0.2) is 73.8 Å². The summed E-state index contributed by atoms with van der Waals surface area (Å²) in [6.45, 7) is 4.17. The van der Waals surface area contributed by atoms with E-state index in [4.69, 9.17) is 29.0 Å². The molecule has 2 aromatic carbocycles. The Morgan fingerprint density at radius 3 is 2.74 bits per heavy atom. The van der Waals surface area contributed by atoms with Gasteiger partial charge in [-0.25, -0.2) is 13.9 Å². The van der Waals surface area contributed by atoms with Crippen molar-refractivity contribution in [1.29, 1.82) is 0 Å². The number of esters is 1. The molecule has 14 nitrogen and oxygen atoms in total. The molecule has 0 spiro atoms. The molecule has 0 amide bonds. The number of anilines is 1. The lowest BCUT2D eigenvalue weighted by Crippen LogP contribution is -2.42. The van der Waals surface area contributed by atoms with Gasteiger partial charge in [0.25, 0.3) is 0 Å². The lowest BCUT2D eigenvalue weighted by Gasteiger charge is -2.26. The molecule has 6 rings (SSSR count). The SMILES string of the molecule is CCOc1nc(N)nc2c1ncn2C1OC(COP(=O)(NC(C)C(=O)OC2CCCC2)Oc2cccc3ccccc23)C(F)C1(C)O. The molecule has 1 saturated carbocycles. The Hall–Kier alpha value is -3.88. The van der Waals surface area contributed by atoms with Gasteiger partial charge in [0, 0.05) is 5.39 Å². The van der Waals surface area contributed by atoms with E-state index in [0.717, 1.165) is 31.1 Å². The number of carbonyl (C=O) groups excluding carboxylic acids is 1. The first-order chi connectivity index (χ1) is 22.5. The second kappa shape index (κ2) is 13.3. The summed E-state index contributed by atoms with van der Waals surface area (Å²) >= 11 is 0. The third-order valence-electron chi connectivity index (χ3n) is 8.30. The first-order valence-electron chi connectivity index (χ1n) is 15.5. The molecule has 0 radical (unpaired) electrons. The van der Waals surface area contributed by atoms with Crippen molar-refractivity contribution in [2.45, 2.75) is 82.7 Å². The van der Waals surface area contributed by atoms with Gasteiger partial charge in [-0.1, -0.05) is 36.4 Å². The molecular formula is C31H38FN6O8P. The summed E-state index contributed by atoms with van der Waals surface area (Å²) in [6, 6.07) is 11.4. The molecule has 1 aliphatic heterocycles. The number of nitrogen functional groups attached to an aromatic ring is 1. The lowest BCUT2D eigenvalue weighted by atomic mass is 9.98. The standard InChI is InChI=1S/C31H38FN6O8P/c1-4-42-27-24-26(35-30(33)36-27)38(17-34-24)29-31(3,40)25(32)23(45-29)16-43-47(41,37-18(2)28(39)44-20-12-6-7-13-20)46-22-15-9-11-19-10-5-8-14-21(19)22/h5,8-11,14-15,17-18,20,23,25,29,40H,4,6-7,12-13,16H2,1-3H3,(H,37,41)(H2,33,35,36). The number of alkyl halides is 1. The van der Waals surface area contributed by atoms with E-state index in [2.05, 4.69) is 20.0 Å². The van der Waals surface area contributed by atoms with Crippen molar-refractivity contribution in [3.63, 3.8) is 0 Å². The monoisotopic (exact) mass is 672 g/mol. The van der Waals surface area contributed by atoms with Crippen molar-refractivity contribution in [3.8, 4) is 11.6 Å². The van der Waals surface area contributed by atoms with Gasteiger partial charge in [-0.3, -0.25) is 13.9 Å². The molecule has 47 heavy (non-hydrogen) atoms. The number of halogens is 1. The lowest BCUT2D eigenvalue weighted by molar-refractivity contribution is -0.150. The highest BCUT2D eigenvalue weighted by atomic mass is 31.2. The number of imidazole rings is 1. The predicted octanol–water partition coefficient (Wildman–Crippen LogP) is 4.61. The molecule has 2 aliphatic rings. The highest BCUT2D eigenvalue weighted by molar-refractivity contribution is 7.52. The Morgan fingerprint density at radius 2 is 1.98 bits per heavy atom. The third kappa shape index (κ3) is 6.76. The highest BCUT2D eigenvalue weighted by Crippen LogP contribution is 2.49. The molecule has 16 heteroatoms. The number of hydrogen-bond donors (Lipinski definition) is 3. The minimum Gasteiger partial charge on any atom is -0.476 e. The van der Waals surface area contributed by atoms with Crippen LogP contribution in [-0.2, 0) is 23.4 Å². The number of rotatable bonds is 12. The van der Waals surface area contributed by atoms with Gasteiger partial charge in [0.15, 0.2) is 23.6 Å². The molecular weight excluding hydrogens is 634 g/mol. The van der Waals surface area contributed by atoms with Crippen molar-refractivity contribution in [2.24, 2.45) is 0 Å². The van der Waals surface area contributed by atoms with Gasteiger partial charge < -0.3 is 29.6 Å². The van der Waals surface area contributed by atoms with Gasteiger partial charge in [-0.15, -0.1) is 0 Å². The van der Waals surface area contributed by atoms with E-state index in [9.17, 15) is 14.5 Å². The number of nitrogens with two attached hydrogens (primary N) is 1. The number of fused-ring (bicyclic) bond motifs is 2. The average molecular weight is 673 g/mol. The summed E-state index contributed by atoms with van der Waals surface area (Å²) in [5.74, 6) is -0.390. The van der Waals surface area contributed by atoms with Crippen molar-refractivity contribution in [1.82, 2.24) is 24.6 Å². The van der Waals surface area contributed by atoms with E-state index in [-0.39, 0.29) is 41.5 Å². The van der Waals surface area contributed by atoms with E-state index in [1.165, 1.54) is 24.7 Å². The Bertz CT molecular complexity index is 1800. The number of nitrogens with one attached hydrogen (secondary N) is 1. The zero-order valence-corrected chi connectivity index (χ0v) is 27.1. The minimum absolute atomic E-state index is 0.116. The first kappa shape index (κ1) is 33.0. The van der Waals surface area contributed by atoms with Crippen LogP contribution in [0.5, 0.6) is 11.6 Å². The topological polar surface area (TPSA) is 182 Å². The van der Waals surface area contributed by atoms with Gasteiger partial charge in [-0.05, 0) is 57.9 Å². The summed E-state index contributed by atoms with van der Waals surface area (Å²) in [5.41, 5.74) is 4.16. The largest absolute Gasteiger partial charge is 0.476 e. The molecule has 2 aromatic heterocycles. The second-order valence-electron chi connectivity index (χ2n) is 11.9. The maximum atomic E-state index is 15.9. The van der Waals surface area contributed by atoms with Crippen LogP contribution < -0.4 is 20.1 Å². The molecule has 6 atom stereocenters. The van der Waals surface area contributed by atoms with Crippen molar-refractivity contribution < 1.29 is 42.1 Å². The van der Waals surface area contributed by atoms with Gasteiger partial charge in [0.1, 0.15) is 29.6 Å². The van der Waals surface area contributed by atoms with E-state index in [0.29, 0.717) is 5.39 Å². The second-order valence-corrected chi connectivity index (χ2v) is 13.5. The van der Waals surface area contributed by atoms with Crippen molar-refractivity contribution in [3.05, 3.63) is 48.8 Å². The number of benzene rings is 2. The van der Waals surface area contributed by atoms with Gasteiger partial charge in [-0.2, -0.15) is 15.1 Å². The minimum atomic E-state index is -4.41. The maximum absolute atomic E-state index is 15.9. The Kier molecular flexibility index (Phi) is 9.36. The van der Waals surface area contributed by atoms with Crippen LogP contribution >= 0.6 is 7.75 Å². The third-order valence-corrected chi connectivity index (χ3v) is 9.93. The first-order valence-corrected chi connectivity index (χ1v) is 17.1. The normalized spacial score (nSPS) is 25.2. The van der Waals surface area contributed by atoms with Crippen LogP contribution in [0.4, 0.5) is 10.3 Å². The van der Waals surface area contributed by atoms with Crippen molar-refractivity contribution >= 4 is 41.6 Å². The molecule has 0 bridgehead atoms. The Balaban J connectivity index is 1.25. The van der Waals surface area contributed by atoms with Gasteiger partial charge in [0.05, 0.1) is 19.5 Å². The van der Waals surface area contributed by atoms with E-state index in [1.54, 1.807) is 31.2 Å². The zero-order chi connectivity index (χ0) is 33.3. The Morgan fingerprint density at radius 1 is 1.23 bits per heavy atom. The molecule has 1 saturated heterocycles. The summed E-state index contributed by atoms with van der Waals surface area (Å²) < 4.78 is 60.5. The smallest absolute Gasteiger partial charge is 0.459 e. The zero-order valence-electron chi connectivity index (χ0n) is 26.2. The van der Waals surface area contributed by atoms with Crippen LogP contribution in [0.3, 0.4) is 0 Å². The number of aliphatic hydroxyl groups is 1. The van der Waals surface area contributed by atoms with Gasteiger partial charge in [0.2, 0.25) is 11.8 Å². The molecule has 4 aromatic rings. The number of ether oxygens (including phenoxy) is 3. The van der Waals surface area contributed by atoms with Crippen LogP contribution in [0.1, 0.15) is 52.7 Å². The van der Waals surface area contributed by atoms with E-state index < -0.39 is 50.5 Å². The van der Waals surface area contributed by atoms with Crippen molar-refractivity contribution in [2.75, 3.05) is 18.9 Å². The number of carbonyl (C=O) groups is 1. The number of aromatic nitrogens is 4. The summed E-state index contributed by atoms with van der Waals surface area (Å²) in [5, 5.41) is 15.4. The molecule has 2 fully saturated rings. The van der Waals surface area contributed by atoms with E-state index >= 15 is 4.39 Å². The number of hydrogen-bond acceptors (Lipinski definition) is 12. The quantitative estimate of drug-likeness (QED) is 0.140. The van der Waals surface area contributed by atoms with Crippen LogP contribution in [0.25, 0.3) is 21.9 Å². The maximum Gasteiger partial charge on any atom is 0.459 e. The fraction of sp³-hybridized carbons (Fsp3) is 0.484. The summed E-state index contributed by atoms with van der Waals surface area (Å²) in [7, 11) is -4.41.